The van der Waals surface area contributed by atoms with E-state index in [1.807, 2.05) is 11.8 Å². The maximum absolute atomic E-state index is 13.7. The fraction of sp³-hybridized carbons (Fsp3) is 0.381. The van der Waals surface area contributed by atoms with E-state index in [4.69, 9.17) is 4.98 Å². The fourth-order valence-electron chi connectivity index (χ4n) is 4.28. The Morgan fingerprint density at radius 3 is 2.62 bits per heavy atom. The van der Waals surface area contributed by atoms with Gasteiger partial charge in [-0.3, -0.25) is 9.36 Å². The zero-order valence-electron chi connectivity index (χ0n) is 17.4. The van der Waals surface area contributed by atoms with Crippen molar-refractivity contribution in [1.29, 1.82) is 0 Å². The standard InChI is InChI=1S/C21H20F3N7O/c1-3-15-20(32)29(2)16-10-27-21(28-19(16)31(15)13-7-12(22)8-13)30-5-4-25-18(30)11-6-14(23)17(24)26-9-11/h4-6,9-10,12-13,15H,3,7-8H2,1-2H3/t12?,13?,15-/m1/s1. The van der Waals surface area contributed by atoms with Crippen molar-refractivity contribution in [2.45, 2.75) is 44.4 Å². The van der Waals surface area contributed by atoms with Gasteiger partial charge in [0.2, 0.25) is 17.8 Å². The first kappa shape index (κ1) is 20.4. The Balaban J connectivity index is 1.61. The van der Waals surface area contributed by atoms with Crippen LogP contribution in [0.25, 0.3) is 17.3 Å². The summed E-state index contributed by atoms with van der Waals surface area (Å²) < 4.78 is 42.2. The average Bonchev–Trinajstić information content (AvgIpc) is 3.25. The second-order valence-corrected chi connectivity index (χ2v) is 7.95. The molecular weight excluding hydrogens is 423 g/mol. The highest BCUT2D eigenvalue weighted by Gasteiger charge is 2.45. The maximum Gasteiger partial charge on any atom is 0.249 e. The molecule has 1 aliphatic carbocycles. The first-order chi connectivity index (χ1) is 15.4. The molecule has 11 heteroatoms. The highest BCUT2D eigenvalue weighted by molar-refractivity contribution is 6.04. The number of amides is 1. The molecule has 1 aliphatic heterocycles. The third-order valence-electron chi connectivity index (χ3n) is 6.04. The maximum atomic E-state index is 13.7. The predicted molar refractivity (Wildman–Crippen MR) is 110 cm³/mol. The molecule has 0 radical (unpaired) electrons. The molecule has 0 spiro atoms. The quantitative estimate of drug-likeness (QED) is 0.577. The third-order valence-corrected chi connectivity index (χ3v) is 6.04. The predicted octanol–water partition coefficient (Wildman–Crippen LogP) is 3.06. The Labute approximate surface area is 181 Å². The second-order valence-electron chi connectivity index (χ2n) is 7.95. The fourth-order valence-corrected chi connectivity index (χ4v) is 4.28. The number of pyridine rings is 1. The number of carbonyl (C=O) groups is 1. The van der Waals surface area contributed by atoms with E-state index in [1.54, 1.807) is 13.2 Å². The van der Waals surface area contributed by atoms with E-state index in [9.17, 15) is 18.0 Å². The molecule has 1 fully saturated rings. The first-order valence-corrected chi connectivity index (χ1v) is 10.3. The van der Waals surface area contributed by atoms with E-state index in [0.29, 0.717) is 30.8 Å². The molecule has 3 aromatic heterocycles. The topological polar surface area (TPSA) is 80.0 Å². The highest BCUT2D eigenvalue weighted by atomic mass is 19.2. The number of likely N-dealkylation sites (N-methyl/N-ethyl adjacent to an activating group) is 1. The van der Waals surface area contributed by atoms with E-state index < -0.39 is 24.0 Å². The minimum atomic E-state index is -1.20. The van der Waals surface area contributed by atoms with Crippen LogP contribution in [0.1, 0.15) is 26.2 Å². The Kier molecular flexibility index (Phi) is 4.83. The molecule has 1 atom stereocenters. The lowest BCUT2D eigenvalue weighted by Gasteiger charge is -2.48. The number of hydrogen-bond acceptors (Lipinski definition) is 6. The summed E-state index contributed by atoms with van der Waals surface area (Å²) in [6, 6.07) is 0.415. The minimum Gasteiger partial charge on any atom is -0.339 e. The van der Waals surface area contributed by atoms with Gasteiger partial charge >= 0.3 is 0 Å². The molecule has 1 saturated carbocycles. The van der Waals surface area contributed by atoms with Crippen molar-refractivity contribution < 1.29 is 18.0 Å². The number of halogens is 3. The summed E-state index contributed by atoms with van der Waals surface area (Å²) in [5.74, 6) is -1.33. The first-order valence-electron chi connectivity index (χ1n) is 10.3. The summed E-state index contributed by atoms with van der Waals surface area (Å²) in [4.78, 5) is 33.1. The SMILES string of the molecule is CC[C@@H]1C(=O)N(C)c2cnc(-n3ccnc3-c3cnc(F)c(F)c3)nc2N1C1CC(F)C1. The molecule has 4 heterocycles. The minimum absolute atomic E-state index is 0.0881. The number of alkyl halides is 1. The van der Waals surface area contributed by atoms with Crippen LogP contribution in [0.3, 0.4) is 0 Å². The van der Waals surface area contributed by atoms with Crippen LogP contribution in [0.4, 0.5) is 24.7 Å². The van der Waals surface area contributed by atoms with Crippen molar-refractivity contribution in [3.05, 3.63) is 42.6 Å². The van der Waals surface area contributed by atoms with E-state index in [1.165, 1.54) is 28.1 Å². The summed E-state index contributed by atoms with van der Waals surface area (Å²) in [5.41, 5.74) is 0.784. The van der Waals surface area contributed by atoms with Gasteiger partial charge in [-0.1, -0.05) is 6.92 Å². The summed E-state index contributed by atoms with van der Waals surface area (Å²) in [7, 11) is 1.67. The van der Waals surface area contributed by atoms with Crippen LogP contribution >= 0.6 is 0 Å². The van der Waals surface area contributed by atoms with Gasteiger partial charge in [-0.05, 0) is 25.3 Å². The van der Waals surface area contributed by atoms with Gasteiger partial charge in [0, 0.05) is 37.2 Å². The van der Waals surface area contributed by atoms with Crippen molar-refractivity contribution in [2.24, 2.45) is 0 Å². The Morgan fingerprint density at radius 2 is 1.94 bits per heavy atom. The number of nitrogens with zero attached hydrogens (tertiary/aromatic N) is 7. The Bertz CT molecular complexity index is 1190. The number of rotatable bonds is 4. The summed E-state index contributed by atoms with van der Waals surface area (Å²) >= 11 is 0. The molecule has 0 bridgehead atoms. The summed E-state index contributed by atoms with van der Waals surface area (Å²) in [6.07, 6.45) is 6.13. The lowest BCUT2D eigenvalue weighted by atomic mass is 9.87. The molecular formula is C21H20F3N7O. The molecule has 5 rings (SSSR count). The van der Waals surface area contributed by atoms with Crippen LogP contribution in [0, 0.1) is 11.8 Å². The van der Waals surface area contributed by atoms with Crippen molar-refractivity contribution in [2.75, 3.05) is 16.8 Å². The molecule has 0 unspecified atom stereocenters. The van der Waals surface area contributed by atoms with Gasteiger partial charge < -0.3 is 9.80 Å². The van der Waals surface area contributed by atoms with Crippen molar-refractivity contribution in [1.82, 2.24) is 24.5 Å². The van der Waals surface area contributed by atoms with Crippen LogP contribution in [0.2, 0.25) is 0 Å². The Morgan fingerprint density at radius 1 is 1.16 bits per heavy atom. The molecule has 0 saturated heterocycles. The van der Waals surface area contributed by atoms with Gasteiger partial charge in [-0.15, -0.1) is 0 Å². The van der Waals surface area contributed by atoms with Crippen LogP contribution in [-0.2, 0) is 4.79 Å². The lowest BCUT2D eigenvalue weighted by molar-refractivity contribution is -0.120. The van der Waals surface area contributed by atoms with Crippen molar-refractivity contribution in [3.63, 3.8) is 0 Å². The van der Waals surface area contributed by atoms with E-state index >= 15 is 0 Å². The van der Waals surface area contributed by atoms with Gasteiger partial charge in [-0.2, -0.15) is 9.37 Å². The van der Waals surface area contributed by atoms with E-state index in [0.717, 1.165) is 6.07 Å². The summed E-state index contributed by atoms with van der Waals surface area (Å²) in [6.45, 7) is 1.91. The van der Waals surface area contributed by atoms with Gasteiger partial charge in [0.05, 0.1) is 6.20 Å². The number of fused-ring (bicyclic) bond motifs is 1. The molecule has 0 aromatic carbocycles. The van der Waals surface area contributed by atoms with Crippen molar-refractivity contribution >= 4 is 17.4 Å². The van der Waals surface area contributed by atoms with Gasteiger partial charge in [-0.25, -0.2) is 23.7 Å². The van der Waals surface area contributed by atoms with Crippen molar-refractivity contribution in [3.8, 4) is 17.3 Å². The monoisotopic (exact) mass is 443 g/mol. The number of carbonyl (C=O) groups excluding carboxylic acids is 1. The lowest BCUT2D eigenvalue weighted by Crippen LogP contribution is -2.59. The average molecular weight is 443 g/mol. The van der Waals surface area contributed by atoms with Crippen LogP contribution in [-0.4, -0.2) is 55.7 Å². The number of hydrogen-bond donors (Lipinski definition) is 0. The highest BCUT2D eigenvalue weighted by Crippen LogP contribution is 2.41. The molecule has 0 N–H and O–H groups in total. The largest absolute Gasteiger partial charge is 0.339 e. The van der Waals surface area contributed by atoms with Crippen LogP contribution in [0.15, 0.2) is 30.9 Å². The second kappa shape index (κ2) is 7.57. The van der Waals surface area contributed by atoms with Crippen LogP contribution in [0.5, 0.6) is 0 Å². The molecule has 1 amide bonds. The Hall–Kier alpha value is -3.50. The third kappa shape index (κ3) is 3.10. The zero-order chi connectivity index (χ0) is 22.6. The number of imidazole rings is 1. The number of aromatic nitrogens is 5. The molecule has 32 heavy (non-hydrogen) atoms. The molecule has 166 valence electrons. The molecule has 8 nitrogen and oxygen atoms in total. The summed E-state index contributed by atoms with van der Waals surface area (Å²) in [5, 5.41) is 0. The normalized spacial score (nSPS) is 22.7. The van der Waals surface area contributed by atoms with Gasteiger partial charge in [0.1, 0.15) is 23.7 Å². The van der Waals surface area contributed by atoms with Crippen LogP contribution < -0.4 is 9.80 Å². The number of anilines is 2. The molecule has 2 aliphatic rings. The van der Waals surface area contributed by atoms with E-state index in [-0.39, 0.29) is 29.3 Å². The van der Waals surface area contributed by atoms with E-state index in [2.05, 4.69) is 15.0 Å². The smallest absolute Gasteiger partial charge is 0.249 e. The van der Waals surface area contributed by atoms with Gasteiger partial charge in [0.25, 0.3) is 0 Å². The van der Waals surface area contributed by atoms with Gasteiger partial charge in [0.15, 0.2) is 11.6 Å². The zero-order valence-corrected chi connectivity index (χ0v) is 17.4. The molecule has 3 aromatic rings.